The molecule has 0 radical (unpaired) electrons. The summed E-state index contributed by atoms with van der Waals surface area (Å²) in [5.74, 6) is 0. The van der Waals surface area contributed by atoms with Crippen molar-refractivity contribution in [2.24, 2.45) is 5.41 Å². The van der Waals surface area contributed by atoms with Gasteiger partial charge in [0, 0.05) is 11.9 Å². The van der Waals surface area contributed by atoms with Crippen molar-refractivity contribution in [2.75, 3.05) is 25.0 Å². The number of alkyl halides is 1. The largest absolute Gasteiger partial charge is 0.303 e. The lowest BCUT2D eigenvalue weighted by Gasteiger charge is -2.38. The lowest BCUT2D eigenvalue weighted by atomic mass is 9.80. The van der Waals surface area contributed by atoms with E-state index >= 15 is 0 Å². The Morgan fingerprint density at radius 3 is 1.83 bits per heavy atom. The van der Waals surface area contributed by atoms with E-state index in [2.05, 4.69) is 34.7 Å². The molecule has 1 aliphatic rings. The minimum atomic E-state index is 0.530. The summed E-state index contributed by atoms with van der Waals surface area (Å²) in [6, 6.07) is 0. The van der Waals surface area contributed by atoms with Gasteiger partial charge in [-0.3, -0.25) is 0 Å². The predicted molar refractivity (Wildman–Crippen MR) is 85.6 cm³/mol. The van der Waals surface area contributed by atoms with Gasteiger partial charge in [-0.25, -0.2) is 0 Å². The van der Waals surface area contributed by atoms with Crippen LogP contribution in [0.5, 0.6) is 0 Å². The maximum absolute atomic E-state index is 3.81. The second-order valence-corrected chi connectivity index (χ2v) is 6.74. The summed E-state index contributed by atoms with van der Waals surface area (Å²) in [5, 5.41) is 1.18. The van der Waals surface area contributed by atoms with Gasteiger partial charge in [0.25, 0.3) is 0 Å². The Balaban J connectivity index is 2.55. The summed E-state index contributed by atoms with van der Waals surface area (Å²) < 4.78 is 0. The highest BCUT2D eigenvalue weighted by molar-refractivity contribution is 9.09. The Morgan fingerprint density at radius 2 is 1.39 bits per heavy atom. The molecule has 0 aromatic carbocycles. The molecule has 2 heteroatoms. The number of rotatable bonds is 7. The van der Waals surface area contributed by atoms with Crippen LogP contribution in [0.3, 0.4) is 0 Å². The van der Waals surface area contributed by atoms with Gasteiger partial charge in [-0.05, 0) is 44.2 Å². The fraction of sp³-hybridized carbons (Fsp3) is 1.00. The van der Waals surface area contributed by atoms with Gasteiger partial charge in [-0.15, -0.1) is 0 Å². The highest BCUT2D eigenvalue weighted by Gasteiger charge is 2.29. The summed E-state index contributed by atoms with van der Waals surface area (Å²) in [6.07, 6.45) is 12.6. The van der Waals surface area contributed by atoms with Crippen molar-refractivity contribution in [3.05, 3.63) is 0 Å². The van der Waals surface area contributed by atoms with Crippen molar-refractivity contribution in [3.63, 3.8) is 0 Å². The average molecular weight is 318 g/mol. The Hall–Kier alpha value is 0.440. The zero-order valence-electron chi connectivity index (χ0n) is 12.5. The van der Waals surface area contributed by atoms with E-state index in [9.17, 15) is 0 Å². The van der Waals surface area contributed by atoms with E-state index in [0.29, 0.717) is 5.41 Å². The van der Waals surface area contributed by atoms with Crippen LogP contribution in [0.4, 0.5) is 0 Å². The summed E-state index contributed by atoms with van der Waals surface area (Å²) in [6.45, 7) is 8.66. The zero-order valence-corrected chi connectivity index (χ0v) is 14.1. The molecule has 18 heavy (non-hydrogen) atoms. The van der Waals surface area contributed by atoms with Gasteiger partial charge >= 0.3 is 0 Å². The molecule has 1 aliphatic heterocycles. The molecular weight excluding hydrogens is 286 g/mol. The molecule has 0 N–H and O–H groups in total. The third-order valence-electron chi connectivity index (χ3n) is 4.35. The van der Waals surface area contributed by atoms with Crippen molar-refractivity contribution in [1.29, 1.82) is 0 Å². The Labute approximate surface area is 123 Å². The average Bonchev–Trinajstić information content (AvgIpc) is 2.33. The number of likely N-dealkylation sites (tertiary alicyclic amines) is 1. The third kappa shape index (κ3) is 5.61. The van der Waals surface area contributed by atoms with Gasteiger partial charge in [0.15, 0.2) is 0 Å². The first-order valence-electron chi connectivity index (χ1n) is 8.04. The molecule has 1 rings (SSSR count). The summed E-state index contributed by atoms with van der Waals surface area (Å²) in [5.41, 5.74) is 0.530. The van der Waals surface area contributed by atoms with E-state index in [1.54, 1.807) is 0 Å². The fourth-order valence-corrected chi connectivity index (χ4v) is 4.20. The first kappa shape index (κ1) is 16.5. The molecule has 0 aromatic rings. The first-order chi connectivity index (χ1) is 8.76. The van der Waals surface area contributed by atoms with Crippen LogP contribution in [0.25, 0.3) is 0 Å². The second kappa shape index (κ2) is 9.36. The van der Waals surface area contributed by atoms with Crippen LogP contribution in [0.15, 0.2) is 0 Å². The van der Waals surface area contributed by atoms with E-state index in [0.717, 1.165) is 0 Å². The minimum absolute atomic E-state index is 0.530. The molecule has 0 spiro atoms. The topological polar surface area (TPSA) is 3.24 Å². The van der Waals surface area contributed by atoms with Crippen LogP contribution >= 0.6 is 15.9 Å². The van der Waals surface area contributed by atoms with Crippen molar-refractivity contribution in [2.45, 2.75) is 71.6 Å². The highest BCUT2D eigenvalue weighted by Crippen LogP contribution is 2.33. The molecule has 0 bridgehead atoms. The van der Waals surface area contributed by atoms with Crippen molar-refractivity contribution in [3.8, 4) is 0 Å². The van der Waals surface area contributed by atoms with Crippen LogP contribution < -0.4 is 0 Å². The van der Waals surface area contributed by atoms with E-state index < -0.39 is 0 Å². The third-order valence-corrected chi connectivity index (χ3v) is 5.54. The molecule has 0 amide bonds. The van der Waals surface area contributed by atoms with E-state index in [1.165, 1.54) is 82.8 Å². The highest BCUT2D eigenvalue weighted by atomic mass is 79.9. The SMILES string of the molecule is CCCC(CBr)(CCC)CN1CCCCCCC1. The normalized spacial score (nSPS) is 19.5. The molecule has 1 nitrogen and oxygen atoms in total. The lowest BCUT2D eigenvalue weighted by Crippen LogP contribution is -2.40. The van der Waals surface area contributed by atoms with Crippen LogP contribution in [0.2, 0.25) is 0 Å². The molecule has 0 atom stereocenters. The van der Waals surface area contributed by atoms with Gasteiger partial charge in [-0.2, -0.15) is 0 Å². The zero-order chi connectivity index (χ0) is 13.3. The Kier molecular flexibility index (Phi) is 8.58. The van der Waals surface area contributed by atoms with Gasteiger partial charge in [0.2, 0.25) is 0 Å². The van der Waals surface area contributed by atoms with Gasteiger partial charge in [-0.1, -0.05) is 61.9 Å². The summed E-state index contributed by atoms with van der Waals surface area (Å²) in [7, 11) is 0. The molecular formula is C16H32BrN. The monoisotopic (exact) mass is 317 g/mol. The molecule has 1 saturated heterocycles. The predicted octanol–water partition coefficient (Wildman–Crippen LogP) is 5.23. The summed E-state index contributed by atoms with van der Waals surface area (Å²) >= 11 is 3.81. The van der Waals surface area contributed by atoms with Crippen LogP contribution in [0, 0.1) is 5.41 Å². The smallest absolute Gasteiger partial charge is 0.0100 e. The van der Waals surface area contributed by atoms with Crippen LogP contribution in [-0.4, -0.2) is 29.9 Å². The van der Waals surface area contributed by atoms with Crippen molar-refractivity contribution >= 4 is 15.9 Å². The first-order valence-corrected chi connectivity index (χ1v) is 9.17. The molecule has 0 saturated carbocycles. The Morgan fingerprint density at radius 1 is 0.889 bits per heavy atom. The van der Waals surface area contributed by atoms with Crippen LogP contribution in [0.1, 0.15) is 71.6 Å². The minimum Gasteiger partial charge on any atom is -0.303 e. The lowest BCUT2D eigenvalue weighted by molar-refractivity contribution is 0.138. The van der Waals surface area contributed by atoms with Crippen LogP contribution in [-0.2, 0) is 0 Å². The molecule has 108 valence electrons. The second-order valence-electron chi connectivity index (χ2n) is 6.18. The Bertz CT molecular complexity index is 191. The molecule has 1 heterocycles. The van der Waals surface area contributed by atoms with E-state index in [4.69, 9.17) is 0 Å². The number of hydrogen-bond acceptors (Lipinski definition) is 1. The quantitative estimate of drug-likeness (QED) is 0.581. The van der Waals surface area contributed by atoms with Crippen molar-refractivity contribution < 1.29 is 0 Å². The molecule has 1 fully saturated rings. The summed E-state index contributed by atoms with van der Waals surface area (Å²) in [4.78, 5) is 2.76. The fourth-order valence-electron chi connectivity index (χ4n) is 3.47. The van der Waals surface area contributed by atoms with E-state index in [1.807, 2.05) is 0 Å². The van der Waals surface area contributed by atoms with E-state index in [-0.39, 0.29) is 0 Å². The maximum Gasteiger partial charge on any atom is 0.0100 e. The maximum atomic E-state index is 3.81. The van der Waals surface area contributed by atoms with Gasteiger partial charge < -0.3 is 4.90 Å². The molecule has 0 aromatic heterocycles. The number of nitrogens with zero attached hydrogens (tertiary/aromatic N) is 1. The molecule has 0 unspecified atom stereocenters. The molecule has 0 aliphatic carbocycles. The van der Waals surface area contributed by atoms with Gasteiger partial charge in [0.05, 0.1) is 0 Å². The number of halogens is 1. The standard InChI is InChI=1S/C16H32BrN/c1-3-10-16(14-17,11-4-2)15-18-12-8-6-5-7-9-13-18/h3-15H2,1-2H3. The van der Waals surface area contributed by atoms with Crippen molar-refractivity contribution in [1.82, 2.24) is 4.90 Å². The number of hydrogen-bond donors (Lipinski definition) is 0. The van der Waals surface area contributed by atoms with Gasteiger partial charge in [0.1, 0.15) is 0 Å².